The number of nitrogen functional groups attached to an aromatic ring is 2. The van der Waals surface area contributed by atoms with E-state index in [1.165, 1.54) is 6.07 Å². The zero-order chi connectivity index (χ0) is 18.2. The Kier molecular flexibility index (Phi) is 6.91. The lowest BCUT2D eigenvalue weighted by molar-refractivity contribution is -0.113. The standard InChI is InChI=1S/C16H18N6OS2/c1-10(6-7-17)25-12-5-3-2-4-11(12)20-15(23)9-24-16-21-13(18)8-14(19)22-16/h2-5,8,10H,6,9H2,1H3,(H,20,23)(H4,18,19,21,22)/t10-/m0/s1. The predicted molar refractivity (Wildman–Crippen MR) is 102 cm³/mol. The van der Waals surface area contributed by atoms with Gasteiger partial charge in [0.15, 0.2) is 5.16 Å². The normalized spacial score (nSPS) is 11.5. The van der Waals surface area contributed by atoms with E-state index in [1.54, 1.807) is 11.8 Å². The van der Waals surface area contributed by atoms with Gasteiger partial charge in [-0.25, -0.2) is 9.97 Å². The van der Waals surface area contributed by atoms with Crippen molar-refractivity contribution in [3.8, 4) is 6.07 Å². The summed E-state index contributed by atoms with van der Waals surface area (Å²) in [4.78, 5) is 21.2. The maximum absolute atomic E-state index is 12.2. The van der Waals surface area contributed by atoms with E-state index in [0.717, 1.165) is 22.3 Å². The number of thioether (sulfide) groups is 2. The summed E-state index contributed by atoms with van der Waals surface area (Å²) in [6.45, 7) is 1.98. The van der Waals surface area contributed by atoms with Crippen LogP contribution in [-0.4, -0.2) is 26.9 Å². The van der Waals surface area contributed by atoms with Crippen LogP contribution in [0, 0.1) is 11.3 Å². The van der Waals surface area contributed by atoms with E-state index in [4.69, 9.17) is 16.7 Å². The first-order chi connectivity index (χ1) is 12.0. The van der Waals surface area contributed by atoms with Crippen LogP contribution in [-0.2, 0) is 4.79 Å². The first-order valence-electron chi connectivity index (χ1n) is 7.43. The second-order valence-corrected chi connectivity index (χ2v) is 7.55. The fourth-order valence-electron chi connectivity index (χ4n) is 1.90. The van der Waals surface area contributed by atoms with Gasteiger partial charge < -0.3 is 16.8 Å². The third-order valence-electron chi connectivity index (χ3n) is 2.95. The maximum Gasteiger partial charge on any atom is 0.234 e. The van der Waals surface area contributed by atoms with Gasteiger partial charge in [0.1, 0.15) is 11.6 Å². The molecule has 130 valence electrons. The number of carbonyl (C=O) groups is 1. The van der Waals surface area contributed by atoms with Gasteiger partial charge in [-0.2, -0.15) is 5.26 Å². The number of nitrogens with two attached hydrogens (primary N) is 2. The number of nitrogens with zero attached hydrogens (tertiary/aromatic N) is 3. The van der Waals surface area contributed by atoms with Crippen molar-refractivity contribution < 1.29 is 4.79 Å². The first-order valence-corrected chi connectivity index (χ1v) is 9.29. The summed E-state index contributed by atoms with van der Waals surface area (Å²) in [5.41, 5.74) is 11.9. The molecule has 0 unspecified atom stereocenters. The molecule has 0 radical (unpaired) electrons. The fraction of sp³-hybridized carbons (Fsp3) is 0.250. The molecular formula is C16H18N6OS2. The number of amides is 1. The molecule has 25 heavy (non-hydrogen) atoms. The highest BCUT2D eigenvalue weighted by atomic mass is 32.2. The molecule has 0 saturated heterocycles. The Hall–Kier alpha value is -2.44. The van der Waals surface area contributed by atoms with E-state index >= 15 is 0 Å². The summed E-state index contributed by atoms with van der Waals surface area (Å²) in [6.07, 6.45) is 0.441. The van der Waals surface area contributed by atoms with Gasteiger partial charge in [-0.3, -0.25) is 4.79 Å². The lowest BCUT2D eigenvalue weighted by atomic mass is 10.3. The van der Waals surface area contributed by atoms with E-state index in [9.17, 15) is 4.79 Å². The van der Waals surface area contributed by atoms with Gasteiger partial charge in [0.2, 0.25) is 5.91 Å². The van der Waals surface area contributed by atoms with Crippen LogP contribution in [0.2, 0.25) is 0 Å². The van der Waals surface area contributed by atoms with Crippen LogP contribution in [0.3, 0.4) is 0 Å². The highest BCUT2D eigenvalue weighted by molar-refractivity contribution is 8.00. The zero-order valence-corrected chi connectivity index (χ0v) is 15.2. The number of nitriles is 1. The Balaban J connectivity index is 1.97. The summed E-state index contributed by atoms with van der Waals surface area (Å²) >= 11 is 2.71. The third kappa shape index (κ3) is 6.17. The van der Waals surface area contributed by atoms with E-state index in [1.807, 2.05) is 31.2 Å². The molecule has 2 rings (SSSR count). The molecule has 2 aromatic rings. The number of carbonyl (C=O) groups excluding carboxylic acids is 1. The predicted octanol–water partition coefficient (Wildman–Crippen LogP) is 2.77. The highest BCUT2D eigenvalue weighted by Gasteiger charge is 2.12. The van der Waals surface area contributed by atoms with Gasteiger partial charge in [0.25, 0.3) is 0 Å². The van der Waals surface area contributed by atoms with Crippen LogP contribution >= 0.6 is 23.5 Å². The molecular weight excluding hydrogens is 356 g/mol. The van der Waals surface area contributed by atoms with Crippen molar-refractivity contribution >= 4 is 46.8 Å². The van der Waals surface area contributed by atoms with Crippen molar-refractivity contribution in [2.75, 3.05) is 22.5 Å². The van der Waals surface area contributed by atoms with Gasteiger partial charge in [0, 0.05) is 22.6 Å². The minimum absolute atomic E-state index is 0.135. The fourth-order valence-corrected chi connectivity index (χ4v) is 3.57. The minimum atomic E-state index is -0.185. The van der Waals surface area contributed by atoms with Gasteiger partial charge in [-0.15, -0.1) is 11.8 Å². The quantitative estimate of drug-likeness (QED) is 0.498. The van der Waals surface area contributed by atoms with Crippen molar-refractivity contribution in [1.29, 1.82) is 5.26 Å². The van der Waals surface area contributed by atoms with Gasteiger partial charge in [-0.05, 0) is 12.1 Å². The molecule has 0 aliphatic heterocycles. The minimum Gasteiger partial charge on any atom is -0.383 e. The van der Waals surface area contributed by atoms with Gasteiger partial charge in [0.05, 0.1) is 17.5 Å². The zero-order valence-electron chi connectivity index (χ0n) is 13.6. The Morgan fingerprint density at radius 3 is 2.68 bits per heavy atom. The summed E-state index contributed by atoms with van der Waals surface area (Å²) in [6, 6.07) is 11.1. The smallest absolute Gasteiger partial charge is 0.234 e. The molecule has 1 aromatic heterocycles. The number of para-hydroxylation sites is 1. The Bertz CT molecular complexity index is 772. The summed E-state index contributed by atoms with van der Waals surface area (Å²) in [5, 5.41) is 12.2. The number of anilines is 3. The Morgan fingerprint density at radius 1 is 1.32 bits per heavy atom. The molecule has 7 nitrogen and oxygen atoms in total. The lowest BCUT2D eigenvalue weighted by Gasteiger charge is -2.13. The molecule has 5 N–H and O–H groups in total. The monoisotopic (exact) mass is 374 g/mol. The van der Waals surface area contributed by atoms with Crippen LogP contribution in [0.15, 0.2) is 40.4 Å². The molecule has 1 amide bonds. The molecule has 0 spiro atoms. The summed E-state index contributed by atoms with van der Waals surface area (Å²) in [7, 11) is 0. The average Bonchev–Trinajstić information content (AvgIpc) is 2.54. The van der Waals surface area contributed by atoms with Crippen molar-refractivity contribution in [2.45, 2.75) is 28.6 Å². The molecule has 0 aliphatic carbocycles. The van der Waals surface area contributed by atoms with Crippen LogP contribution in [0.5, 0.6) is 0 Å². The molecule has 1 heterocycles. The topological polar surface area (TPSA) is 131 Å². The maximum atomic E-state index is 12.2. The number of nitrogens with one attached hydrogen (secondary N) is 1. The SMILES string of the molecule is C[C@@H](CC#N)Sc1ccccc1NC(=O)CSc1nc(N)cc(N)n1. The summed E-state index contributed by atoms with van der Waals surface area (Å²) in [5.74, 6) is 0.484. The van der Waals surface area contributed by atoms with Crippen molar-refractivity contribution in [2.24, 2.45) is 0 Å². The molecule has 0 saturated carbocycles. The molecule has 1 atom stereocenters. The number of hydrogen-bond donors (Lipinski definition) is 3. The molecule has 0 bridgehead atoms. The van der Waals surface area contributed by atoms with Gasteiger partial charge >= 0.3 is 0 Å². The van der Waals surface area contributed by atoms with Crippen molar-refractivity contribution in [3.63, 3.8) is 0 Å². The van der Waals surface area contributed by atoms with Crippen molar-refractivity contribution in [3.05, 3.63) is 30.3 Å². The first kappa shape index (κ1) is 18.9. The number of hydrogen-bond acceptors (Lipinski definition) is 8. The van der Waals surface area contributed by atoms with Crippen LogP contribution in [0.4, 0.5) is 17.3 Å². The van der Waals surface area contributed by atoms with Crippen LogP contribution in [0.25, 0.3) is 0 Å². The van der Waals surface area contributed by atoms with Crippen LogP contribution < -0.4 is 16.8 Å². The van der Waals surface area contributed by atoms with E-state index in [-0.39, 0.29) is 28.5 Å². The molecule has 1 aromatic carbocycles. The largest absolute Gasteiger partial charge is 0.383 e. The van der Waals surface area contributed by atoms with Crippen LogP contribution in [0.1, 0.15) is 13.3 Å². The molecule has 0 fully saturated rings. The lowest BCUT2D eigenvalue weighted by Crippen LogP contribution is -2.15. The van der Waals surface area contributed by atoms with E-state index in [2.05, 4.69) is 21.4 Å². The Labute approximate surface area is 154 Å². The average molecular weight is 374 g/mol. The third-order valence-corrected chi connectivity index (χ3v) is 4.97. The number of rotatable bonds is 7. The Morgan fingerprint density at radius 2 is 2.00 bits per heavy atom. The number of aromatic nitrogens is 2. The second kappa shape index (κ2) is 9.15. The molecule has 0 aliphatic rings. The van der Waals surface area contributed by atoms with Crippen molar-refractivity contribution in [1.82, 2.24) is 9.97 Å². The number of benzene rings is 1. The summed E-state index contributed by atoms with van der Waals surface area (Å²) < 4.78 is 0. The molecule has 9 heteroatoms. The van der Waals surface area contributed by atoms with E-state index in [0.29, 0.717) is 11.6 Å². The van der Waals surface area contributed by atoms with E-state index < -0.39 is 0 Å². The second-order valence-electron chi connectivity index (χ2n) is 5.12. The van der Waals surface area contributed by atoms with Gasteiger partial charge in [-0.1, -0.05) is 30.8 Å². The highest BCUT2D eigenvalue weighted by Crippen LogP contribution is 2.31.